The number of hydrogen-bond donors (Lipinski definition) is 1. The Morgan fingerprint density at radius 2 is 2.00 bits per heavy atom. The second-order valence-electron chi connectivity index (χ2n) is 3.74. The van der Waals surface area contributed by atoms with Gasteiger partial charge in [0.2, 0.25) is 0 Å². The van der Waals surface area contributed by atoms with Crippen molar-refractivity contribution in [1.82, 2.24) is 10.2 Å². The third-order valence-electron chi connectivity index (χ3n) is 1.85. The fourth-order valence-corrected chi connectivity index (χ4v) is 1.15. The summed E-state index contributed by atoms with van der Waals surface area (Å²) in [6.45, 7) is 6.03. The minimum atomic E-state index is -0.479. The molecule has 0 aromatic carbocycles. The molecule has 1 aromatic heterocycles. The van der Waals surface area contributed by atoms with Crippen LogP contribution in [0.1, 0.15) is 37.8 Å². The molecule has 13 heavy (non-hydrogen) atoms. The largest absolute Gasteiger partial charge is 0.387 e. The summed E-state index contributed by atoms with van der Waals surface area (Å²) in [4.78, 5) is 0. The van der Waals surface area contributed by atoms with Crippen molar-refractivity contribution in [2.24, 2.45) is 5.92 Å². The molecule has 0 aliphatic carbocycles. The van der Waals surface area contributed by atoms with Crippen LogP contribution < -0.4 is 0 Å². The van der Waals surface area contributed by atoms with E-state index in [4.69, 9.17) is 0 Å². The smallest absolute Gasteiger partial charge is 0.0981 e. The molecule has 1 unspecified atom stereocenters. The lowest BCUT2D eigenvalue weighted by Crippen LogP contribution is -2.05. The molecule has 1 heterocycles. The van der Waals surface area contributed by atoms with E-state index in [1.165, 1.54) is 0 Å². The maximum absolute atomic E-state index is 9.68. The van der Waals surface area contributed by atoms with Gasteiger partial charge in [-0.1, -0.05) is 13.8 Å². The van der Waals surface area contributed by atoms with Crippen LogP contribution in [0.2, 0.25) is 0 Å². The lowest BCUT2D eigenvalue weighted by molar-refractivity contribution is 0.145. The van der Waals surface area contributed by atoms with Gasteiger partial charge >= 0.3 is 0 Å². The fourth-order valence-electron chi connectivity index (χ4n) is 1.15. The summed E-state index contributed by atoms with van der Waals surface area (Å²) in [6, 6.07) is 3.70. The fraction of sp³-hybridized carbons (Fsp3) is 0.600. The number of aliphatic hydroxyl groups excluding tert-OH is 1. The van der Waals surface area contributed by atoms with Crippen LogP contribution in [-0.2, 0) is 0 Å². The molecule has 3 heteroatoms. The van der Waals surface area contributed by atoms with Crippen LogP contribution in [-0.4, -0.2) is 15.3 Å². The minimum Gasteiger partial charge on any atom is -0.387 e. The molecule has 0 spiro atoms. The standard InChI is InChI=1S/C10H16N2O/c1-7(2)6-10(13)9-5-4-8(3)11-12-9/h4-5,7,10,13H,6H2,1-3H3. The van der Waals surface area contributed by atoms with E-state index in [1.807, 2.05) is 19.1 Å². The van der Waals surface area contributed by atoms with Gasteiger partial charge in [-0.25, -0.2) is 0 Å². The molecule has 0 radical (unpaired) electrons. The zero-order chi connectivity index (χ0) is 9.84. The van der Waals surface area contributed by atoms with Crippen molar-refractivity contribution in [1.29, 1.82) is 0 Å². The van der Waals surface area contributed by atoms with Crippen molar-refractivity contribution in [3.05, 3.63) is 23.5 Å². The molecule has 1 N–H and O–H groups in total. The van der Waals surface area contributed by atoms with Crippen molar-refractivity contribution in [3.8, 4) is 0 Å². The predicted molar refractivity (Wildman–Crippen MR) is 51.2 cm³/mol. The van der Waals surface area contributed by atoms with E-state index in [9.17, 15) is 5.11 Å². The summed E-state index contributed by atoms with van der Waals surface area (Å²) < 4.78 is 0. The molecule has 0 amide bonds. The van der Waals surface area contributed by atoms with E-state index >= 15 is 0 Å². The average Bonchev–Trinajstić information content (AvgIpc) is 2.04. The molecular weight excluding hydrogens is 164 g/mol. The van der Waals surface area contributed by atoms with Gasteiger partial charge in [-0.2, -0.15) is 10.2 Å². The Bertz CT molecular complexity index is 256. The first-order valence-corrected chi connectivity index (χ1v) is 4.58. The summed E-state index contributed by atoms with van der Waals surface area (Å²) in [5.74, 6) is 0.470. The molecule has 0 saturated carbocycles. The van der Waals surface area contributed by atoms with Gasteiger partial charge in [-0.3, -0.25) is 0 Å². The highest BCUT2D eigenvalue weighted by Crippen LogP contribution is 2.18. The van der Waals surface area contributed by atoms with Gasteiger partial charge in [0, 0.05) is 0 Å². The van der Waals surface area contributed by atoms with Gasteiger partial charge in [-0.15, -0.1) is 0 Å². The van der Waals surface area contributed by atoms with Crippen LogP contribution in [0.4, 0.5) is 0 Å². The van der Waals surface area contributed by atoms with Crippen molar-refractivity contribution < 1.29 is 5.11 Å². The molecule has 3 nitrogen and oxygen atoms in total. The van der Waals surface area contributed by atoms with E-state index in [-0.39, 0.29) is 0 Å². The van der Waals surface area contributed by atoms with Crippen LogP contribution in [0.15, 0.2) is 12.1 Å². The van der Waals surface area contributed by atoms with E-state index in [1.54, 1.807) is 0 Å². The number of aromatic nitrogens is 2. The molecular formula is C10H16N2O. The number of aliphatic hydroxyl groups is 1. The first-order chi connectivity index (χ1) is 6.09. The molecule has 1 atom stereocenters. The van der Waals surface area contributed by atoms with E-state index in [2.05, 4.69) is 24.0 Å². The van der Waals surface area contributed by atoms with Crippen LogP contribution in [0, 0.1) is 12.8 Å². The summed E-state index contributed by atoms with van der Waals surface area (Å²) in [5, 5.41) is 17.5. The molecule has 1 aromatic rings. The third kappa shape index (κ3) is 3.11. The van der Waals surface area contributed by atoms with Gasteiger partial charge in [0.05, 0.1) is 17.5 Å². The zero-order valence-corrected chi connectivity index (χ0v) is 8.36. The van der Waals surface area contributed by atoms with Crippen LogP contribution in [0.3, 0.4) is 0 Å². The van der Waals surface area contributed by atoms with Crippen molar-refractivity contribution in [3.63, 3.8) is 0 Å². The minimum absolute atomic E-state index is 0.470. The van der Waals surface area contributed by atoms with Gasteiger partial charge in [0.15, 0.2) is 0 Å². The maximum Gasteiger partial charge on any atom is 0.0981 e. The maximum atomic E-state index is 9.68. The topological polar surface area (TPSA) is 46.0 Å². The van der Waals surface area contributed by atoms with Crippen LogP contribution in [0.5, 0.6) is 0 Å². The van der Waals surface area contributed by atoms with Crippen LogP contribution in [0.25, 0.3) is 0 Å². The molecule has 72 valence electrons. The summed E-state index contributed by atoms with van der Waals surface area (Å²) in [6.07, 6.45) is 0.255. The highest BCUT2D eigenvalue weighted by Gasteiger charge is 2.10. The van der Waals surface area contributed by atoms with E-state index in [0.717, 1.165) is 12.1 Å². The number of aryl methyl sites for hydroxylation is 1. The highest BCUT2D eigenvalue weighted by molar-refractivity contribution is 5.07. The van der Waals surface area contributed by atoms with Gasteiger partial charge in [0.1, 0.15) is 0 Å². The Kier molecular flexibility index (Phi) is 3.37. The molecule has 1 rings (SSSR count). The summed E-state index contributed by atoms with van der Waals surface area (Å²) >= 11 is 0. The zero-order valence-electron chi connectivity index (χ0n) is 8.36. The first kappa shape index (κ1) is 10.1. The lowest BCUT2D eigenvalue weighted by Gasteiger charge is -2.11. The monoisotopic (exact) mass is 180 g/mol. The molecule has 0 bridgehead atoms. The van der Waals surface area contributed by atoms with E-state index in [0.29, 0.717) is 11.6 Å². The van der Waals surface area contributed by atoms with Crippen molar-refractivity contribution in [2.45, 2.75) is 33.3 Å². The Morgan fingerprint density at radius 3 is 2.46 bits per heavy atom. The Labute approximate surface area is 78.8 Å². The number of hydrogen-bond acceptors (Lipinski definition) is 3. The van der Waals surface area contributed by atoms with Gasteiger partial charge < -0.3 is 5.11 Å². The third-order valence-corrected chi connectivity index (χ3v) is 1.85. The molecule has 0 saturated heterocycles. The predicted octanol–water partition coefficient (Wildman–Crippen LogP) is 1.86. The quantitative estimate of drug-likeness (QED) is 0.772. The van der Waals surface area contributed by atoms with Crippen molar-refractivity contribution in [2.75, 3.05) is 0 Å². The summed E-state index contributed by atoms with van der Waals surface area (Å²) in [7, 11) is 0. The molecule has 0 fully saturated rings. The SMILES string of the molecule is Cc1ccc(C(O)CC(C)C)nn1. The van der Waals surface area contributed by atoms with Gasteiger partial charge in [0.25, 0.3) is 0 Å². The second kappa shape index (κ2) is 4.33. The average molecular weight is 180 g/mol. The summed E-state index contributed by atoms with van der Waals surface area (Å²) in [5.41, 5.74) is 1.54. The Hall–Kier alpha value is -0.960. The molecule has 0 aliphatic heterocycles. The Balaban J connectivity index is 2.66. The van der Waals surface area contributed by atoms with Gasteiger partial charge in [-0.05, 0) is 31.4 Å². The second-order valence-corrected chi connectivity index (χ2v) is 3.74. The highest BCUT2D eigenvalue weighted by atomic mass is 16.3. The lowest BCUT2D eigenvalue weighted by atomic mass is 10.0. The molecule has 0 aliphatic rings. The van der Waals surface area contributed by atoms with Crippen LogP contribution >= 0.6 is 0 Å². The number of rotatable bonds is 3. The number of nitrogens with zero attached hydrogens (tertiary/aromatic N) is 2. The van der Waals surface area contributed by atoms with E-state index < -0.39 is 6.10 Å². The first-order valence-electron chi connectivity index (χ1n) is 4.58. The normalized spacial score (nSPS) is 13.3. The van der Waals surface area contributed by atoms with Crippen molar-refractivity contribution >= 4 is 0 Å². The Morgan fingerprint density at radius 1 is 1.31 bits per heavy atom.